The number of hydrogen-bond acceptors (Lipinski definition) is 3. The molecular weight excluding hydrogens is 334 g/mol. The van der Waals surface area contributed by atoms with Gasteiger partial charge in [0, 0.05) is 21.4 Å². The van der Waals surface area contributed by atoms with Gasteiger partial charge in [-0.05, 0) is 59.3 Å². The molecule has 0 amide bonds. The molecule has 0 aliphatic carbocycles. The molecule has 4 heteroatoms. The average Bonchev–Trinajstić information content (AvgIpc) is 2.93. The number of fused-ring (bicyclic) bond motifs is 1. The fourth-order valence-corrected chi connectivity index (χ4v) is 3.01. The quantitative estimate of drug-likeness (QED) is 0.644. The molecule has 3 aromatic rings. The Bertz CT molecular complexity index is 693. The molecule has 0 unspecified atom stereocenters. The summed E-state index contributed by atoms with van der Waals surface area (Å²) >= 11 is 5.17. The highest BCUT2D eigenvalue weighted by atomic mass is 79.9. The van der Waals surface area contributed by atoms with Gasteiger partial charge in [0.2, 0.25) is 0 Å². The summed E-state index contributed by atoms with van der Waals surface area (Å²) in [6, 6.07) is 16.5. The summed E-state index contributed by atoms with van der Waals surface area (Å²) in [7, 11) is 0. The third-order valence-electron chi connectivity index (χ3n) is 2.97. The van der Waals surface area contributed by atoms with Gasteiger partial charge in [-0.15, -0.1) is 11.3 Å². The molecule has 2 aromatic carbocycles. The molecule has 1 heterocycles. The minimum Gasteiger partial charge on any atom is -0.492 e. The predicted molar refractivity (Wildman–Crippen MR) is 90.0 cm³/mol. The van der Waals surface area contributed by atoms with Gasteiger partial charge in [0.05, 0.1) is 0 Å². The Hall–Kier alpha value is -1.52. The Balaban J connectivity index is 1.50. The van der Waals surface area contributed by atoms with E-state index in [1.807, 2.05) is 24.3 Å². The third kappa shape index (κ3) is 3.32. The third-order valence-corrected chi connectivity index (χ3v) is 4.39. The van der Waals surface area contributed by atoms with Crippen LogP contribution >= 0.6 is 27.3 Å². The van der Waals surface area contributed by atoms with E-state index in [9.17, 15) is 0 Å². The highest BCUT2D eigenvalue weighted by Gasteiger charge is 1.98. The number of benzene rings is 2. The molecule has 0 spiro atoms. The molecule has 0 saturated heterocycles. The summed E-state index contributed by atoms with van der Waals surface area (Å²) in [5.74, 6) is 0.892. The second kappa shape index (κ2) is 6.29. The second-order valence-electron chi connectivity index (χ2n) is 4.40. The zero-order chi connectivity index (χ0) is 13.8. The van der Waals surface area contributed by atoms with Crippen LogP contribution in [0.2, 0.25) is 0 Å². The molecule has 0 atom stereocenters. The van der Waals surface area contributed by atoms with Crippen LogP contribution in [0.4, 0.5) is 5.69 Å². The Morgan fingerprint density at radius 2 is 1.90 bits per heavy atom. The molecular formula is C16H14BrNOS. The zero-order valence-corrected chi connectivity index (χ0v) is 13.2. The summed E-state index contributed by atoms with van der Waals surface area (Å²) in [4.78, 5) is 0. The van der Waals surface area contributed by atoms with Crippen molar-refractivity contribution in [3.63, 3.8) is 0 Å². The number of anilines is 1. The predicted octanol–water partition coefficient (Wildman–Crippen LogP) is 5.15. The molecule has 1 aromatic heterocycles. The van der Waals surface area contributed by atoms with Crippen LogP contribution < -0.4 is 10.1 Å². The van der Waals surface area contributed by atoms with Gasteiger partial charge < -0.3 is 10.1 Å². The van der Waals surface area contributed by atoms with Crippen LogP contribution in [0.1, 0.15) is 0 Å². The molecule has 2 nitrogen and oxygen atoms in total. The normalized spacial score (nSPS) is 10.7. The smallest absolute Gasteiger partial charge is 0.119 e. The maximum atomic E-state index is 5.67. The Kier molecular flexibility index (Phi) is 4.23. The summed E-state index contributed by atoms with van der Waals surface area (Å²) in [6.07, 6.45) is 0. The van der Waals surface area contributed by atoms with E-state index in [4.69, 9.17) is 4.74 Å². The van der Waals surface area contributed by atoms with Crippen molar-refractivity contribution in [1.82, 2.24) is 0 Å². The van der Waals surface area contributed by atoms with Crippen molar-refractivity contribution < 1.29 is 4.74 Å². The SMILES string of the molecule is Brc1ccc(OCCNc2ccc3sccc3c2)cc1. The van der Waals surface area contributed by atoms with Crippen molar-refractivity contribution in [2.24, 2.45) is 0 Å². The lowest BCUT2D eigenvalue weighted by Gasteiger charge is -2.09. The standard InChI is InChI=1S/C16H14BrNOS/c17-13-1-4-15(5-2-13)19-9-8-18-14-3-6-16-12(11-14)7-10-20-16/h1-7,10-11,18H,8-9H2. The van der Waals surface area contributed by atoms with Crippen LogP contribution in [-0.4, -0.2) is 13.2 Å². The average molecular weight is 348 g/mol. The first-order valence-corrected chi connectivity index (χ1v) is 8.08. The summed E-state index contributed by atoms with van der Waals surface area (Å²) < 4.78 is 8.06. The van der Waals surface area contributed by atoms with Gasteiger partial charge in [-0.2, -0.15) is 0 Å². The first-order valence-electron chi connectivity index (χ1n) is 6.41. The maximum Gasteiger partial charge on any atom is 0.119 e. The van der Waals surface area contributed by atoms with E-state index in [0.717, 1.165) is 22.5 Å². The van der Waals surface area contributed by atoms with Gasteiger partial charge in [-0.3, -0.25) is 0 Å². The van der Waals surface area contributed by atoms with Crippen LogP contribution in [-0.2, 0) is 0 Å². The largest absolute Gasteiger partial charge is 0.492 e. The highest BCUT2D eigenvalue weighted by molar-refractivity contribution is 9.10. The lowest BCUT2D eigenvalue weighted by atomic mass is 10.2. The summed E-state index contributed by atoms with van der Waals surface area (Å²) in [5, 5.41) is 6.78. The van der Waals surface area contributed by atoms with Gasteiger partial charge in [0.1, 0.15) is 12.4 Å². The number of nitrogens with one attached hydrogen (secondary N) is 1. The van der Waals surface area contributed by atoms with Crippen molar-refractivity contribution in [3.8, 4) is 5.75 Å². The minimum absolute atomic E-state index is 0.642. The second-order valence-corrected chi connectivity index (χ2v) is 6.27. The van der Waals surface area contributed by atoms with E-state index >= 15 is 0 Å². The van der Waals surface area contributed by atoms with Crippen LogP contribution in [0.25, 0.3) is 10.1 Å². The van der Waals surface area contributed by atoms with Crippen molar-refractivity contribution >= 4 is 43.0 Å². The minimum atomic E-state index is 0.642. The number of hydrogen-bond donors (Lipinski definition) is 1. The summed E-state index contributed by atoms with van der Waals surface area (Å²) in [6.45, 7) is 1.43. The number of rotatable bonds is 5. The van der Waals surface area contributed by atoms with E-state index in [0.29, 0.717) is 6.61 Å². The highest BCUT2D eigenvalue weighted by Crippen LogP contribution is 2.23. The molecule has 0 aliphatic heterocycles. The van der Waals surface area contributed by atoms with E-state index in [2.05, 4.69) is 50.9 Å². The van der Waals surface area contributed by atoms with Crippen LogP contribution in [0, 0.1) is 0 Å². The lowest BCUT2D eigenvalue weighted by molar-refractivity contribution is 0.333. The Morgan fingerprint density at radius 1 is 1.05 bits per heavy atom. The molecule has 20 heavy (non-hydrogen) atoms. The van der Waals surface area contributed by atoms with Crippen LogP contribution in [0.3, 0.4) is 0 Å². The van der Waals surface area contributed by atoms with E-state index in [1.165, 1.54) is 10.1 Å². The number of thiophene rings is 1. The molecule has 0 saturated carbocycles. The van der Waals surface area contributed by atoms with E-state index < -0.39 is 0 Å². The van der Waals surface area contributed by atoms with E-state index in [-0.39, 0.29) is 0 Å². The van der Waals surface area contributed by atoms with Crippen molar-refractivity contribution in [2.45, 2.75) is 0 Å². The monoisotopic (exact) mass is 347 g/mol. The van der Waals surface area contributed by atoms with Crippen molar-refractivity contribution in [3.05, 3.63) is 58.4 Å². The van der Waals surface area contributed by atoms with Crippen LogP contribution in [0.15, 0.2) is 58.4 Å². The van der Waals surface area contributed by atoms with Crippen molar-refractivity contribution in [2.75, 3.05) is 18.5 Å². The first kappa shape index (κ1) is 13.5. The molecule has 0 radical (unpaired) electrons. The van der Waals surface area contributed by atoms with E-state index in [1.54, 1.807) is 11.3 Å². The fourth-order valence-electron chi connectivity index (χ4n) is 1.97. The molecule has 3 rings (SSSR count). The molecule has 1 N–H and O–H groups in total. The van der Waals surface area contributed by atoms with Gasteiger partial charge in [-0.25, -0.2) is 0 Å². The zero-order valence-electron chi connectivity index (χ0n) is 10.8. The fraction of sp³-hybridized carbons (Fsp3) is 0.125. The molecule has 0 fully saturated rings. The van der Waals surface area contributed by atoms with Crippen molar-refractivity contribution in [1.29, 1.82) is 0 Å². The molecule has 0 aliphatic rings. The maximum absolute atomic E-state index is 5.67. The van der Waals surface area contributed by atoms with Gasteiger partial charge in [-0.1, -0.05) is 15.9 Å². The molecule has 0 bridgehead atoms. The Morgan fingerprint density at radius 3 is 2.75 bits per heavy atom. The Labute approximate surface area is 130 Å². The number of ether oxygens (including phenoxy) is 1. The van der Waals surface area contributed by atoms with Gasteiger partial charge in [0.25, 0.3) is 0 Å². The lowest BCUT2D eigenvalue weighted by Crippen LogP contribution is -2.11. The van der Waals surface area contributed by atoms with Crippen LogP contribution in [0.5, 0.6) is 5.75 Å². The topological polar surface area (TPSA) is 21.3 Å². The number of halogens is 1. The molecule has 102 valence electrons. The first-order chi connectivity index (χ1) is 9.81. The van der Waals surface area contributed by atoms with Gasteiger partial charge in [0.15, 0.2) is 0 Å². The van der Waals surface area contributed by atoms with Gasteiger partial charge >= 0.3 is 0 Å². The summed E-state index contributed by atoms with van der Waals surface area (Å²) in [5.41, 5.74) is 1.13.